The minimum Gasteiger partial charge on any atom is -0.396 e. The monoisotopic (exact) mass is 379 g/mol. The molecule has 1 aromatic rings. The molecule has 0 heterocycles. The second-order valence-electron chi connectivity index (χ2n) is 2.02. The van der Waals surface area contributed by atoms with Gasteiger partial charge in [-0.05, 0) is 24.6 Å². The average Bonchev–Trinajstić information content (AvgIpc) is 2.02. The molecule has 0 bridgehead atoms. The van der Waals surface area contributed by atoms with Gasteiger partial charge in [0.2, 0.25) is 0 Å². The van der Waals surface area contributed by atoms with E-state index in [9.17, 15) is 4.39 Å². The molecule has 0 atom stereocenters. The van der Waals surface area contributed by atoms with Crippen molar-refractivity contribution in [3.8, 4) is 0 Å². The minimum absolute atomic E-state index is 0.218. The Morgan fingerprint density at radius 1 is 1.36 bits per heavy atom. The van der Waals surface area contributed by atoms with Crippen LogP contribution in [0.4, 0.5) is 10.1 Å². The van der Waals surface area contributed by atoms with Crippen LogP contribution in [-0.2, 0) is 0 Å². The number of nitrogen functional groups attached to an aromatic ring is 1. The summed E-state index contributed by atoms with van der Waals surface area (Å²) in [7, 11) is 0. The molecular weight excluding hydrogens is 371 g/mol. The molecule has 4 heteroatoms. The number of halogens is 3. The SMILES string of the molecule is Cc1ccc(F)c(N)c1.II. The van der Waals surface area contributed by atoms with Gasteiger partial charge >= 0.3 is 0 Å². The van der Waals surface area contributed by atoms with Crippen molar-refractivity contribution in [3.63, 3.8) is 0 Å². The fraction of sp³-hybridized carbons (Fsp3) is 0.143. The molecule has 11 heavy (non-hydrogen) atoms. The quantitative estimate of drug-likeness (QED) is 0.542. The molecule has 0 radical (unpaired) electrons. The van der Waals surface area contributed by atoms with Gasteiger partial charge in [-0.2, -0.15) is 0 Å². The molecule has 0 unspecified atom stereocenters. The lowest BCUT2D eigenvalue weighted by Gasteiger charge is -1.95. The molecule has 0 saturated carbocycles. The van der Waals surface area contributed by atoms with Crippen molar-refractivity contribution in [2.75, 3.05) is 5.73 Å². The lowest BCUT2D eigenvalue weighted by Crippen LogP contribution is -1.89. The first-order chi connectivity index (χ1) is 5.20. The Kier molecular flexibility index (Phi) is 6.21. The molecule has 62 valence electrons. The smallest absolute Gasteiger partial charge is 0.146 e. The van der Waals surface area contributed by atoms with Gasteiger partial charge in [0.05, 0.1) is 5.69 Å². The zero-order valence-electron chi connectivity index (χ0n) is 5.94. The summed E-state index contributed by atoms with van der Waals surface area (Å²) in [6, 6.07) is 4.66. The first-order valence-corrected chi connectivity index (χ1v) is 9.14. The summed E-state index contributed by atoms with van der Waals surface area (Å²) in [6.45, 7) is 1.87. The van der Waals surface area contributed by atoms with Crippen LogP contribution in [0.3, 0.4) is 0 Å². The van der Waals surface area contributed by atoms with Gasteiger partial charge in [0.1, 0.15) is 5.82 Å². The Morgan fingerprint density at radius 3 is 2.27 bits per heavy atom. The lowest BCUT2D eigenvalue weighted by atomic mass is 10.2. The van der Waals surface area contributed by atoms with Gasteiger partial charge in [-0.15, -0.1) is 0 Å². The van der Waals surface area contributed by atoms with Gasteiger partial charge in [0.15, 0.2) is 0 Å². The van der Waals surface area contributed by atoms with Crippen LogP contribution >= 0.6 is 37.2 Å². The molecule has 1 nitrogen and oxygen atoms in total. The highest BCUT2D eigenvalue weighted by atomic mass is 128. The maximum atomic E-state index is 12.4. The summed E-state index contributed by atoms with van der Waals surface area (Å²) in [4.78, 5) is 0. The third-order valence-corrected chi connectivity index (χ3v) is 1.15. The predicted molar refractivity (Wildman–Crippen MR) is 63.6 cm³/mol. The maximum absolute atomic E-state index is 12.4. The third kappa shape index (κ3) is 4.09. The second-order valence-corrected chi connectivity index (χ2v) is 2.02. The highest BCUT2D eigenvalue weighted by molar-refractivity contribution is 15.0. The largest absolute Gasteiger partial charge is 0.396 e. The summed E-state index contributed by atoms with van der Waals surface area (Å²) in [5, 5.41) is 0. The van der Waals surface area contributed by atoms with E-state index >= 15 is 0 Å². The van der Waals surface area contributed by atoms with E-state index in [4.69, 9.17) is 5.73 Å². The van der Waals surface area contributed by atoms with E-state index < -0.39 is 0 Å². The molecule has 0 saturated heterocycles. The number of hydrogen-bond acceptors (Lipinski definition) is 1. The Bertz CT molecular complexity index is 228. The first kappa shape index (κ1) is 11.4. The van der Waals surface area contributed by atoms with Crippen LogP contribution in [0.15, 0.2) is 18.2 Å². The van der Waals surface area contributed by atoms with Gasteiger partial charge < -0.3 is 5.73 Å². The molecule has 1 aromatic carbocycles. The number of anilines is 1. The van der Waals surface area contributed by atoms with Crippen LogP contribution in [-0.4, -0.2) is 0 Å². The normalized spacial score (nSPS) is 8.36. The number of rotatable bonds is 0. The van der Waals surface area contributed by atoms with Crippen LogP contribution < -0.4 is 5.73 Å². The molecule has 0 aliphatic rings. The van der Waals surface area contributed by atoms with Gasteiger partial charge in [-0.3, -0.25) is 0 Å². The zero-order chi connectivity index (χ0) is 8.85. The fourth-order valence-electron chi connectivity index (χ4n) is 0.663. The van der Waals surface area contributed by atoms with Crippen molar-refractivity contribution in [3.05, 3.63) is 29.6 Å². The number of nitrogens with two attached hydrogens (primary N) is 1. The Labute approximate surface area is 88.9 Å². The Morgan fingerprint density at radius 2 is 1.91 bits per heavy atom. The van der Waals surface area contributed by atoms with Gasteiger partial charge in [0.25, 0.3) is 0 Å². The molecular formula is C7H8FI2N. The summed E-state index contributed by atoms with van der Waals surface area (Å²) >= 11 is 4.24. The van der Waals surface area contributed by atoms with E-state index in [1.54, 1.807) is 12.1 Å². The third-order valence-electron chi connectivity index (χ3n) is 1.15. The molecule has 1 rings (SSSR count). The van der Waals surface area contributed by atoms with Crippen LogP contribution in [0.25, 0.3) is 0 Å². The standard InChI is InChI=1S/C7H8FN.I2/c1-5-2-3-6(8)7(9)4-5;1-2/h2-4H,9H2,1H3;. The first-order valence-electron chi connectivity index (χ1n) is 2.86. The van der Waals surface area contributed by atoms with E-state index in [-0.39, 0.29) is 11.5 Å². The average molecular weight is 379 g/mol. The van der Waals surface area contributed by atoms with Crippen molar-refractivity contribution < 1.29 is 4.39 Å². The predicted octanol–water partition coefficient (Wildman–Crippen LogP) is 3.49. The van der Waals surface area contributed by atoms with Crippen LogP contribution in [0.2, 0.25) is 0 Å². The van der Waals surface area contributed by atoms with Crippen LogP contribution in [0.1, 0.15) is 5.56 Å². The van der Waals surface area contributed by atoms with Crippen LogP contribution in [0, 0.1) is 12.7 Å². The molecule has 2 N–H and O–H groups in total. The molecule has 0 aliphatic heterocycles. The van der Waals surface area contributed by atoms with Gasteiger partial charge in [-0.1, -0.05) is 6.07 Å². The molecule has 0 aliphatic carbocycles. The molecule has 0 spiro atoms. The highest BCUT2D eigenvalue weighted by Gasteiger charge is 1.93. The summed E-state index contributed by atoms with van der Waals surface area (Å²) in [5.74, 6) is -0.347. The van der Waals surface area contributed by atoms with E-state index in [0.29, 0.717) is 0 Å². The molecule has 0 amide bonds. The number of aryl methyl sites for hydroxylation is 1. The second kappa shape index (κ2) is 5.99. The van der Waals surface area contributed by atoms with Gasteiger partial charge in [0, 0.05) is 37.2 Å². The van der Waals surface area contributed by atoms with Crippen molar-refractivity contribution in [1.82, 2.24) is 0 Å². The molecule has 0 fully saturated rings. The Balaban J connectivity index is 0.000000461. The fourth-order valence-corrected chi connectivity index (χ4v) is 0.663. The Hall–Kier alpha value is 0.410. The summed E-state index contributed by atoms with van der Waals surface area (Å²) in [5.41, 5.74) is 6.44. The maximum Gasteiger partial charge on any atom is 0.146 e. The molecule has 0 aromatic heterocycles. The zero-order valence-corrected chi connectivity index (χ0v) is 10.3. The summed E-state index contributed by atoms with van der Waals surface area (Å²) < 4.78 is 12.4. The van der Waals surface area contributed by atoms with Crippen molar-refractivity contribution >= 4 is 42.9 Å². The van der Waals surface area contributed by atoms with E-state index in [0.717, 1.165) is 5.56 Å². The van der Waals surface area contributed by atoms with E-state index in [2.05, 4.69) is 37.2 Å². The van der Waals surface area contributed by atoms with Crippen LogP contribution in [0.5, 0.6) is 0 Å². The minimum atomic E-state index is -0.347. The van der Waals surface area contributed by atoms with Crippen molar-refractivity contribution in [2.24, 2.45) is 0 Å². The number of hydrogen-bond donors (Lipinski definition) is 1. The van der Waals surface area contributed by atoms with Crippen molar-refractivity contribution in [2.45, 2.75) is 6.92 Å². The van der Waals surface area contributed by atoms with Crippen molar-refractivity contribution in [1.29, 1.82) is 0 Å². The number of benzene rings is 1. The lowest BCUT2D eigenvalue weighted by molar-refractivity contribution is 0.632. The highest BCUT2D eigenvalue weighted by Crippen LogP contribution is 2.10. The van der Waals surface area contributed by atoms with E-state index in [1.165, 1.54) is 6.07 Å². The summed E-state index contributed by atoms with van der Waals surface area (Å²) in [6.07, 6.45) is 0. The van der Waals surface area contributed by atoms with E-state index in [1.807, 2.05) is 6.92 Å². The van der Waals surface area contributed by atoms with Gasteiger partial charge in [-0.25, -0.2) is 4.39 Å². The topological polar surface area (TPSA) is 26.0 Å².